The van der Waals surface area contributed by atoms with Gasteiger partial charge in [-0.2, -0.15) is 13.2 Å². The second kappa shape index (κ2) is 8.78. The quantitative estimate of drug-likeness (QED) is 0.647. The number of alkyl halides is 3. The first-order valence-corrected chi connectivity index (χ1v) is 6.57. The molecule has 0 atom stereocenters. The molecule has 0 radical (unpaired) electrons. The van der Waals surface area contributed by atoms with E-state index in [1.54, 1.807) is 6.08 Å². The molecular weight excluding hydrogens is 295 g/mol. The molecule has 3 nitrogen and oxygen atoms in total. The number of benzene rings is 1. The van der Waals surface area contributed by atoms with Gasteiger partial charge in [-0.1, -0.05) is 24.0 Å². The highest BCUT2D eigenvalue weighted by molar-refractivity contribution is 5.76. The molecule has 118 valence electrons. The van der Waals surface area contributed by atoms with Crippen LogP contribution in [0.15, 0.2) is 36.9 Å². The molecule has 0 aliphatic heterocycles. The smallest absolute Gasteiger partial charge is 0.416 e. The zero-order valence-corrected chi connectivity index (χ0v) is 11.9. The molecular formula is C16H16F3NO2. The molecule has 6 heteroatoms. The van der Waals surface area contributed by atoms with Gasteiger partial charge in [-0.25, -0.2) is 0 Å². The van der Waals surface area contributed by atoms with Crippen LogP contribution >= 0.6 is 0 Å². The molecule has 1 rings (SSSR count). The number of carbonyl (C=O) groups excluding carboxylic acids is 1. The molecule has 1 amide bonds. The van der Waals surface area contributed by atoms with E-state index in [2.05, 4.69) is 23.7 Å². The fourth-order valence-corrected chi connectivity index (χ4v) is 1.46. The molecule has 1 aromatic carbocycles. The minimum atomic E-state index is -4.40. The molecule has 22 heavy (non-hydrogen) atoms. The van der Waals surface area contributed by atoms with Crippen molar-refractivity contribution in [1.29, 1.82) is 0 Å². The Hall–Kier alpha value is -2.42. The molecule has 0 aliphatic rings. The summed E-state index contributed by atoms with van der Waals surface area (Å²) < 4.78 is 42.6. The van der Waals surface area contributed by atoms with E-state index >= 15 is 0 Å². The van der Waals surface area contributed by atoms with Crippen molar-refractivity contribution in [3.8, 4) is 17.6 Å². The highest BCUT2D eigenvalue weighted by atomic mass is 19.4. The number of carbonyl (C=O) groups is 1. The van der Waals surface area contributed by atoms with E-state index in [9.17, 15) is 18.0 Å². The molecule has 0 heterocycles. The Bertz CT molecular complexity index is 571. The predicted octanol–water partition coefficient (Wildman–Crippen LogP) is 3.17. The van der Waals surface area contributed by atoms with Crippen LogP contribution in [0.5, 0.6) is 5.75 Å². The SMILES string of the molecule is C=CCCC(=O)NCC#CCOc1cccc(C(F)(F)F)c1. The van der Waals surface area contributed by atoms with E-state index in [0.29, 0.717) is 12.8 Å². The molecule has 0 fully saturated rings. The van der Waals surface area contributed by atoms with Crippen LogP contribution in [0.1, 0.15) is 18.4 Å². The molecule has 0 bridgehead atoms. The summed E-state index contributed by atoms with van der Waals surface area (Å²) in [4.78, 5) is 11.2. The van der Waals surface area contributed by atoms with Gasteiger partial charge in [0.1, 0.15) is 12.4 Å². The minimum Gasteiger partial charge on any atom is -0.481 e. The topological polar surface area (TPSA) is 38.3 Å². The average Bonchev–Trinajstić information content (AvgIpc) is 2.48. The lowest BCUT2D eigenvalue weighted by Gasteiger charge is -2.08. The number of halogens is 3. The summed E-state index contributed by atoms with van der Waals surface area (Å²) in [7, 11) is 0. The second-order valence-corrected chi connectivity index (χ2v) is 4.27. The van der Waals surface area contributed by atoms with Crippen LogP contribution in [0.2, 0.25) is 0 Å². The number of ether oxygens (including phenoxy) is 1. The number of nitrogens with one attached hydrogen (secondary N) is 1. The molecule has 0 unspecified atom stereocenters. The van der Waals surface area contributed by atoms with Gasteiger partial charge in [0.05, 0.1) is 12.1 Å². The van der Waals surface area contributed by atoms with Gasteiger partial charge in [0.15, 0.2) is 0 Å². The second-order valence-electron chi connectivity index (χ2n) is 4.27. The molecule has 0 saturated carbocycles. The normalized spacial score (nSPS) is 10.3. The van der Waals surface area contributed by atoms with Crippen molar-refractivity contribution in [2.24, 2.45) is 0 Å². The van der Waals surface area contributed by atoms with Gasteiger partial charge in [-0.05, 0) is 24.6 Å². The molecule has 0 spiro atoms. The third kappa shape index (κ3) is 6.84. The third-order valence-corrected chi connectivity index (χ3v) is 2.55. The van der Waals surface area contributed by atoms with Gasteiger partial charge in [-0.3, -0.25) is 4.79 Å². The van der Waals surface area contributed by atoms with Gasteiger partial charge in [-0.15, -0.1) is 6.58 Å². The largest absolute Gasteiger partial charge is 0.481 e. The Morgan fingerprint density at radius 2 is 2.14 bits per heavy atom. The zero-order chi connectivity index (χ0) is 16.4. The lowest BCUT2D eigenvalue weighted by Crippen LogP contribution is -2.22. The molecule has 0 saturated heterocycles. The van der Waals surface area contributed by atoms with Crippen molar-refractivity contribution in [2.75, 3.05) is 13.2 Å². The van der Waals surface area contributed by atoms with E-state index in [4.69, 9.17) is 4.74 Å². The Kier molecular flexibility index (Phi) is 7.03. The maximum Gasteiger partial charge on any atom is 0.416 e. The zero-order valence-electron chi connectivity index (χ0n) is 11.9. The molecule has 1 aromatic rings. The Labute approximate surface area is 127 Å². The summed E-state index contributed by atoms with van der Waals surface area (Å²) in [6.45, 7) is 3.63. The van der Waals surface area contributed by atoms with E-state index < -0.39 is 11.7 Å². The summed E-state index contributed by atoms with van der Waals surface area (Å²) in [5, 5.41) is 2.58. The number of hydrogen-bond acceptors (Lipinski definition) is 2. The van der Waals surface area contributed by atoms with Crippen molar-refractivity contribution in [2.45, 2.75) is 19.0 Å². The van der Waals surface area contributed by atoms with E-state index in [0.717, 1.165) is 12.1 Å². The van der Waals surface area contributed by atoms with Crippen LogP contribution in [-0.2, 0) is 11.0 Å². The highest BCUT2D eigenvalue weighted by Crippen LogP contribution is 2.31. The molecule has 0 aliphatic carbocycles. The number of hydrogen-bond donors (Lipinski definition) is 1. The summed E-state index contributed by atoms with van der Waals surface area (Å²) in [6, 6.07) is 4.58. The lowest BCUT2D eigenvalue weighted by atomic mass is 10.2. The summed E-state index contributed by atoms with van der Waals surface area (Å²) in [5.74, 6) is 5.23. The van der Waals surface area contributed by atoms with Crippen molar-refractivity contribution in [3.63, 3.8) is 0 Å². The van der Waals surface area contributed by atoms with Crippen LogP contribution in [0.4, 0.5) is 13.2 Å². The maximum atomic E-state index is 12.5. The first-order valence-electron chi connectivity index (χ1n) is 6.57. The summed E-state index contributed by atoms with van der Waals surface area (Å²) in [6.07, 6.45) is -1.81. The maximum absolute atomic E-state index is 12.5. The summed E-state index contributed by atoms with van der Waals surface area (Å²) >= 11 is 0. The van der Waals surface area contributed by atoms with Gasteiger partial charge >= 0.3 is 6.18 Å². The van der Waals surface area contributed by atoms with Crippen LogP contribution in [-0.4, -0.2) is 19.1 Å². The first kappa shape index (κ1) is 17.6. The Morgan fingerprint density at radius 3 is 2.82 bits per heavy atom. The van der Waals surface area contributed by atoms with Crippen molar-refractivity contribution in [3.05, 3.63) is 42.5 Å². The standard InChI is InChI=1S/C16H16F3NO2/c1-2-3-9-15(21)20-10-4-5-11-22-14-8-6-7-13(12-14)16(17,18)19/h2,6-8,12H,1,3,9-11H2,(H,20,21). The Balaban J connectivity index is 2.35. The first-order chi connectivity index (χ1) is 10.4. The van der Waals surface area contributed by atoms with Crippen LogP contribution in [0.3, 0.4) is 0 Å². The monoisotopic (exact) mass is 311 g/mol. The van der Waals surface area contributed by atoms with Gasteiger partial charge in [0, 0.05) is 6.42 Å². The van der Waals surface area contributed by atoms with Gasteiger partial charge in [0.25, 0.3) is 0 Å². The van der Waals surface area contributed by atoms with Gasteiger partial charge < -0.3 is 10.1 Å². The Morgan fingerprint density at radius 1 is 1.36 bits per heavy atom. The van der Waals surface area contributed by atoms with Crippen LogP contribution in [0.25, 0.3) is 0 Å². The van der Waals surface area contributed by atoms with E-state index in [1.807, 2.05) is 0 Å². The number of rotatable bonds is 6. The lowest BCUT2D eigenvalue weighted by molar-refractivity contribution is -0.137. The average molecular weight is 311 g/mol. The van der Waals surface area contributed by atoms with Gasteiger partial charge in [0.2, 0.25) is 5.91 Å². The van der Waals surface area contributed by atoms with Crippen LogP contribution < -0.4 is 10.1 Å². The fourth-order valence-electron chi connectivity index (χ4n) is 1.46. The van der Waals surface area contributed by atoms with Crippen molar-refractivity contribution >= 4 is 5.91 Å². The molecule has 0 aromatic heterocycles. The summed E-state index contributed by atoms with van der Waals surface area (Å²) in [5.41, 5.74) is -0.771. The van der Waals surface area contributed by atoms with Crippen molar-refractivity contribution in [1.82, 2.24) is 5.32 Å². The third-order valence-electron chi connectivity index (χ3n) is 2.55. The fraction of sp³-hybridized carbons (Fsp3) is 0.312. The molecule has 1 N–H and O–H groups in total. The van der Waals surface area contributed by atoms with Crippen LogP contribution in [0, 0.1) is 11.8 Å². The van der Waals surface area contributed by atoms with E-state index in [1.165, 1.54) is 12.1 Å². The number of amides is 1. The highest BCUT2D eigenvalue weighted by Gasteiger charge is 2.30. The predicted molar refractivity (Wildman–Crippen MR) is 77.2 cm³/mol. The number of allylic oxidation sites excluding steroid dienone is 1. The van der Waals surface area contributed by atoms with Crippen molar-refractivity contribution < 1.29 is 22.7 Å². The van der Waals surface area contributed by atoms with E-state index in [-0.39, 0.29) is 24.8 Å². The minimum absolute atomic E-state index is 0.0517.